The van der Waals surface area contributed by atoms with E-state index < -0.39 is 0 Å². The van der Waals surface area contributed by atoms with Gasteiger partial charge in [0.05, 0.1) is 7.11 Å². The van der Waals surface area contributed by atoms with Gasteiger partial charge in [0.25, 0.3) is 0 Å². The normalized spacial score (nSPS) is 13.4. The van der Waals surface area contributed by atoms with Crippen LogP contribution in [0.5, 0.6) is 5.88 Å². The molecule has 0 spiro atoms. The second kappa shape index (κ2) is 6.47. The van der Waals surface area contributed by atoms with Gasteiger partial charge in [-0.25, -0.2) is 9.78 Å². The molecular weight excluding hydrogens is 280 g/mol. The third-order valence-corrected chi connectivity index (χ3v) is 3.76. The van der Waals surface area contributed by atoms with E-state index in [0.717, 1.165) is 12.0 Å². The molecule has 1 amide bonds. The van der Waals surface area contributed by atoms with E-state index in [0.29, 0.717) is 19.0 Å². The molecule has 0 N–H and O–H groups in total. The maximum atomic E-state index is 12.2. The molecule has 1 aliphatic rings. The summed E-state index contributed by atoms with van der Waals surface area (Å²) in [5, 5.41) is 0. The molecule has 0 radical (unpaired) electrons. The standard InChI is InChI=1S/C17H18N2O3/c1-21-16-7-6-13(10-18-16)12-22-17(20)19-9-8-14-4-2-3-5-15(14)11-19/h2-7,10H,8-9,11-12H2,1H3. The Bertz CT molecular complexity index is 655. The molecule has 0 saturated carbocycles. The van der Waals surface area contributed by atoms with Crippen LogP contribution in [0.25, 0.3) is 0 Å². The molecule has 0 bridgehead atoms. The van der Waals surface area contributed by atoms with E-state index in [1.54, 1.807) is 24.3 Å². The zero-order chi connectivity index (χ0) is 15.4. The first-order valence-corrected chi connectivity index (χ1v) is 7.23. The van der Waals surface area contributed by atoms with E-state index in [-0.39, 0.29) is 12.7 Å². The first kappa shape index (κ1) is 14.4. The molecule has 5 nitrogen and oxygen atoms in total. The molecule has 0 atom stereocenters. The number of pyridine rings is 1. The fraction of sp³-hybridized carbons (Fsp3) is 0.294. The van der Waals surface area contributed by atoms with E-state index in [4.69, 9.17) is 9.47 Å². The molecule has 2 heterocycles. The maximum absolute atomic E-state index is 12.2. The van der Waals surface area contributed by atoms with Crippen LogP contribution in [0.3, 0.4) is 0 Å². The number of hydrogen-bond donors (Lipinski definition) is 0. The molecule has 0 fully saturated rings. The molecule has 114 valence electrons. The summed E-state index contributed by atoms with van der Waals surface area (Å²) in [4.78, 5) is 18.0. The summed E-state index contributed by atoms with van der Waals surface area (Å²) in [6.07, 6.45) is 2.23. The van der Waals surface area contributed by atoms with Gasteiger partial charge in [0.2, 0.25) is 5.88 Å². The zero-order valence-electron chi connectivity index (χ0n) is 12.5. The topological polar surface area (TPSA) is 51.7 Å². The SMILES string of the molecule is COc1ccc(COC(=O)N2CCc3ccccc3C2)cn1. The molecule has 0 aliphatic carbocycles. The predicted molar refractivity (Wildman–Crippen MR) is 81.5 cm³/mol. The van der Waals surface area contributed by atoms with Crippen molar-refractivity contribution in [3.63, 3.8) is 0 Å². The van der Waals surface area contributed by atoms with Crippen LogP contribution in [0.2, 0.25) is 0 Å². The second-order valence-electron chi connectivity index (χ2n) is 5.20. The highest BCUT2D eigenvalue weighted by Gasteiger charge is 2.21. The van der Waals surface area contributed by atoms with Crippen molar-refractivity contribution < 1.29 is 14.3 Å². The highest BCUT2D eigenvalue weighted by molar-refractivity contribution is 5.68. The molecule has 3 rings (SSSR count). The van der Waals surface area contributed by atoms with Crippen LogP contribution in [0.15, 0.2) is 42.6 Å². The van der Waals surface area contributed by atoms with Crippen LogP contribution in [0.1, 0.15) is 16.7 Å². The van der Waals surface area contributed by atoms with Gasteiger partial charge in [0, 0.05) is 30.9 Å². The molecule has 22 heavy (non-hydrogen) atoms. The predicted octanol–water partition coefficient (Wildman–Crippen LogP) is 2.79. The lowest BCUT2D eigenvalue weighted by Gasteiger charge is -2.28. The molecule has 5 heteroatoms. The molecule has 1 aliphatic heterocycles. The van der Waals surface area contributed by atoms with Gasteiger partial charge in [-0.3, -0.25) is 0 Å². The van der Waals surface area contributed by atoms with Crippen molar-refractivity contribution in [2.24, 2.45) is 0 Å². The van der Waals surface area contributed by atoms with Gasteiger partial charge in [-0.05, 0) is 23.6 Å². The smallest absolute Gasteiger partial charge is 0.410 e. The minimum Gasteiger partial charge on any atom is -0.481 e. The average molecular weight is 298 g/mol. The number of benzene rings is 1. The fourth-order valence-corrected chi connectivity index (χ4v) is 2.50. The second-order valence-corrected chi connectivity index (χ2v) is 5.20. The quantitative estimate of drug-likeness (QED) is 0.874. The molecule has 2 aromatic rings. The number of hydrogen-bond acceptors (Lipinski definition) is 4. The van der Waals surface area contributed by atoms with Crippen molar-refractivity contribution in [1.29, 1.82) is 0 Å². The van der Waals surface area contributed by atoms with Gasteiger partial charge < -0.3 is 14.4 Å². The Morgan fingerprint density at radius 2 is 2.05 bits per heavy atom. The Morgan fingerprint density at radius 3 is 2.77 bits per heavy atom. The maximum Gasteiger partial charge on any atom is 0.410 e. The van der Waals surface area contributed by atoms with Crippen molar-refractivity contribution in [3.05, 3.63) is 59.3 Å². The summed E-state index contributed by atoms with van der Waals surface area (Å²) >= 11 is 0. The van der Waals surface area contributed by atoms with Gasteiger partial charge in [-0.15, -0.1) is 0 Å². The van der Waals surface area contributed by atoms with Gasteiger partial charge in [0.1, 0.15) is 6.61 Å². The number of carbonyl (C=O) groups excluding carboxylic acids is 1. The van der Waals surface area contributed by atoms with Crippen LogP contribution in [0, 0.1) is 0 Å². The molecule has 0 saturated heterocycles. The number of rotatable bonds is 3. The lowest BCUT2D eigenvalue weighted by atomic mass is 10.0. The number of methoxy groups -OCH3 is 1. The number of aromatic nitrogens is 1. The number of nitrogens with zero attached hydrogens (tertiary/aromatic N) is 2. The summed E-state index contributed by atoms with van der Waals surface area (Å²) in [6.45, 7) is 1.51. The minimum atomic E-state index is -0.287. The molecule has 0 unspecified atom stereocenters. The van der Waals surface area contributed by atoms with Crippen LogP contribution in [-0.4, -0.2) is 29.6 Å². The minimum absolute atomic E-state index is 0.216. The summed E-state index contributed by atoms with van der Waals surface area (Å²) in [7, 11) is 1.57. The van der Waals surface area contributed by atoms with Crippen molar-refractivity contribution in [2.45, 2.75) is 19.6 Å². The Kier molecular flexibility index (Phi) is 4.23. The molecule has 1 aromatic heterocycles. The summed E-state index contributed by atoms with van der Waals surface area (Å²) < 4.78 is 10.4. The first-order valence-electron chi connectivity index (χ1n) is 7.23. The molecular formula is C17H18N2O3. The Morgan fingerprint density at radius 1 is 1.23 bits per heavy atom. The van der Waals surface area contributed by atoms with Gasteiger partial charge in [-0.2, -0.15) is 0 Å². The third-order valence-electron chi connectivity index (χ3n) is 3.76. The van der Waals surface area contributed by atoms with Crippen molar-refractivity contribution >= 4 is 6.09 Å². The van der Waals surface area contributed by atoms with Crippen molar-refractivity contribution in [1.82, 2.24) is 9.88 Å². The van der Waals surface area contributed by atoms with Crippen LogP contribution in [0.4, 0.5) is 4.79 Å². The van der Waals surface area contributed by atoms with E-state index in [2.05, 4.69) is 17.1 Å². The zero-order valence-corrected chi connectivity index (χ0v) is 12.5. The summed E-state index contributed by atoms with van der Waals surface area (Å²) in [5.74, 6) is 0.544. The molecule has 1 aromatic carbocycles. The van der Waals surface area contributed by atoms with Gasteiger partial charge in [0.15, 0.2) is 0 Å². The van der Waals surface area contributed by atoms with Crippen molar-refractivity contribution in [3.8, 4) is 5.88 Å². The van der Waals surface area contributed by atoms with E-state index >= 15 is 0 Å². The van der Waals surface area contributed by atoms with Gasteiger partial charge in [-0.1, -0.05) is 24.3 Å². The highest BCUT2D eigenvalue weighted by atomic mass is 16.6. The number of fused-ring (bicyclic) bond motifs is 1. The van der Waals surface area contributed by atoms with E-state index in [1.165, 1.54) is 11.1 Å². The Labute approximate surface area is 129 Å². The average Bonchev–Trinajstić information content (AvgIpc) is 2.59. The van der Waals surface area contributed by atoms with Crippen LogP contribution < -0.4 is 4.74 Å². The lowest BCUT2D eigenvalue weighted by Crippen LogP contribution is -2.36. The largest absolute Gasteiger partial charge is 0.481 e. The summed E-state index contributed by atoms with van der Waals surface area (Å²) in [6, 6.07) is 11.8. The third kappa shape index (κ3) is 3.19. The summed E-state index contributed by atoms with van der Waals surface area (Å²) in [5.41, 5.74) is 3.34. The first-order chi connectivity index (χ1) is 10.8. The number of amides is 1. The highest BCUT2D eigenvalue weighted by Crippen LogP contribution is 2.19. The van der Waals surface area contributed by atoms with Crippen molar-refractivity contribution in [2.75, 3.05) is 13.7 Å². The number of carbonyl (C=O) groups is 1. The Hall–Kier alpha value is -2.56. The van der Waals surface area contributed by atoms with Crippen LogP contribution in [-0.2, 0) is 24.3 Å². The Balaban J connectivity index is 1.56. The van der Waals surface area contributed by atoms with E-state index in [9.17, 15) is 4.79 Å². The van der Waals surface area contributed by atoms with Crippen LogP contribution >= 0.6 is 0 Å². The van der Waals surface area contributed by atoms with E-state index in [1.807, 2.05) is 18.2 Å². The lowest BCUT2D eigenvalue weighted by molar-refractivity contribution is 0.0917. The monoisotopic (exact) mass is 298 g/mol. The van der Waals surface area contributed by atoms with Gasteiger partial charge >= 0.3 is 6.09 Å². The fourth-order valence-electron chi connectivity index (χ4n) is 2.50. The number of ether oxygens (including phenoxy) is 2.